The van der Waals surface area contributed by atoms with E-state index in [-0.39, 0.29) is 54.7 Å². The van der Waals surface area contributed by atoms with Gasteiger partial charge in [-0.05, 0) is 48.7 Å². The molecule has 1 amide bonds. The number of hydrogen-bond acceptors (Lipinski definition) is 8. The van der Waals surface area contributed by atoms with E-state index in [9.17, 15) is 23.9 Å². The van der Waals surface area contributed by atoms with Crippen LogP contribution in [0.4, 0.5) is 10.2 Å². The summed E-state index contributed by atoms with van der Waals surface area (Å²) >= 11 is 0. The molecule has 0 unspecified atom stereocenters. The number of carboxylic acids is 1. The van der Waals surface area contributed by atoms with Crippen molar-refractivity contribution in [3.63, 3.8) is 0 Å². The Hall–Kier alpha value is -4.84. The van der Waals surface area contributed by atoms with Crippen molar-refractivity contribution in [3.8, 4) is 0 Å². The lowest BCUT2D eigenvalue weighted by Gasteiger charge is -2.07. The van der Waals surface area contributed by atoms with Crippen LogP contribution in [-0.4, -0.2) is 44.7 Å². The van der Waals surface area contributed by atoms with Crippen molar-refractivity contribution in [1.82, 2.24) is 19.9 Å². The first-order valence-electron chi connectivity index (χ1n) is 11.4. The monoisotopic (exact) mass is 538 g/mol. The number of aromatic nitrogens is 3. The van der Waals surface area contributed by atoms with Crippen molar-refractivity contribution in [2.24, 2.45) is 5.73 Å². The lowest BCUT2D eigenvalue weighted by atomic mass is 10.1. The van der Waals surface area contributed by atoms with E-state index in [1.54, 1.807) is 31.2 Å². The van der Waals surface area contributed by atoms with Gasteiger partial charge in [-0.1, -0.05) is 31.7 Å². The highest BCUT2D eigenvalue weighted by Gasteiger charge is 2.17. The Morgan fingerprint density at radius 3 is 2.36 bits per heavy atom. The number of fused-ring (bicyclic) bond motifs is 1. The Balaban J connectivity index is 0.000000324. The summed E-state index contributed by atoms with van der Waals surface area (Å²) in [6.07, 6.45) is 0. The summed E-state index contributed by atoms with van der Waals surface area (Å²) in [5.74, 6) is -2.39. The van der Waals surface area contributed by atoms with Gasteiger partial charge in [0.25, 0.3) is 5.91 Å². The van der Waals surface area contributed by atoms with Gasteiger partial charge in [0, 0.05) is 24.7 Å². The van der Waals surface area contributed by atoms with Crippen molar-refractivity contribution in [3.05, 3.63) is 94.1 Å². The smallest absolute Gasteiger partial charge is 0.354 e. The highest BCUT2D eigenvalue weighted by molar-refractivity contribution is 5.96. The second-order valence-corrected chi connectivity index (χ2v) is 8.34. The molecule has 0 aliphatic rings. The van der Waals surface area contributed by atoms with Crippen LogP contribution in [0.3, 0.4) is 0 Å². The minimum atomic E-state index is -1.27. The Bertz CT molecular complexity index is 1480. The van der Waals surface area contributed by atoms with Crippen molar-refractivity contribution < 1.29 is 28.6 Å². The third kappa shape index (κ3) is 7.58. The first-order valence-corrected chi connectivity index (χ1v) is 11.4. The maximum Gasteiger partial charge on any atom is 0.354 e. The summed E-state index contributed by atoms with van der Waals surface area (Å²) in [5.41, 5.74) is 13.8. The zero-order valence-electron chi connectivity index (χ0n) is 20.9. The molecule has 0 bridgehead atoms. The van der Waals surface area contributed by atoms with Crippen molar-refractivity contribution in [1.29, 1.82) is 0 Å². The molecule has 0 radical (unpaired) electrons. The number of carbonyl (C=O) groups excluding carboxylic acids is 2. The Kier molecular flexibility index (Phi) is 10.2. The number of esters is 1. The van der Waals surface area contributed by atoms with Gasteiger partial charge in [-0.25, -0.2) is 23.5 Å². The van der Waals surface area contributed by atoms with E-state index in [1.165, 1.54) is 19.2 Å². The molecule has 4 aromatic rings. The van der Waals surface area contributed by atoms with Crippen LogP contribution >= 0.6 is 0 Å². The molecule has 206 valence electrons. The molecular weight excluding hydrogens is 507 g/mol. The van der Waals surface area contributed by atoms with Gasteiger partial charge in [-0.15, -0.1) is 5.10 Å². The highest BCUT2D eigenvalue weighted by Crippen LogP contribution is 2.13. The fourth-order valence-electron chi connectivity index (χ4n) is 3.39. The predicted octanol–water partition coefficient (Wildman–Crippen LogP) is 3.52. The van der Waals surface area contributed by atoms with E-state index >= 15 is 0 Å². The zero-order valence-corrected chi connectivity index (χ0v) is 20.9. The molecule has 4 rings (SSSR count). The number of hydrogen-bond donors (Lipinski definition) is 4. The minimum Gasteiger partial charge on any atom is -0.477 e. The number of aryl methyl sites for hydroxylation is 1. The molecule has 0 aliphatic heterocycles. The van der Waals surface area contributed by atoms with Gasteiger partial charge in [0.1, 0.15) is 17.3 Å². The third-order valence-electron chi connectivity index (χ3n) is 5.43. The minimum absolute atomic E-state index is 0. The fraction of sp³-hybridized carbons (Fsp3) is 0.222. The van der Waals surface area contributed by atoms with Crippen LogP contribution in [0, 0.1) is 12.7 Å². The molecule has 11 nitrogen and oxygen atoms in total. The topological polar surface area (TPSA) is 175 Å². The first-order chi connectivity index (χ1) is 18.0. The number of methoxy groups -OCH3 is 1. The van der Waals surface area contributed by atoms with E-state index in [0.717, 1.165) is 16.1 Å². The summed E-state index contributed by atoms with van der Waals surface area (Å²) in [7, 11) is 1.36. The molecule has 2 heterocycles. The molecule has 0 saturated heterocycles. The van der Waals surface area contributed by atoms with E-state index in [1.807, 2.05) is 19.1 Å². The summed E-state index contributed by atoms with van der Waals surface area (Å²) in [5, 5.41) is 15.7. The highest BCUT2D eigenvalue weighted by atomic mass is 19.1. The van der Waals surface area contributed by atoms with E-state index < -0.39 is 11.9 Å². The number of halogens is 1. The third-order valence-corrected chi connectivity index (χ3v) is 5.43. The molecule has 6 N–H and O–H groups in total. The average molecular weight is 539 g/mol. The quantitative estimate of drug-likeness (QED) is 0.268. The largest absolute Gasteiger partial charge is 0.477 e. The standard InChI is InChI=1S/C16H14FN5O3.C10H13NO2.CH4/c1-8-4-9(2-3-10(8)17)7-19-15(23)11-5-12(16(24)25)22-14(20-11)6-13(18)21-22;1-7(11)8-3-5-9(6-4-8)10(12)13-2;/h2-6H,7H2,1H3,(H2,18,21)(H,19,23)(H,24,25);3-7H,11H2,1-2H3;1H4/t;7-;/m.0./s1. The molecule has 12 heteroatoms. The van der Waals surface area contributed by atoms with Crippen LogP contribution in [0.2, 0.25) is 0 Å². The van der Waals surface area contributed by atoms with Gasteiger partial charge in [0.2, 0.25) is 0 Å². The normalized spacial score (nSPS) is 11.0. The number of carbonyl (C=O) groups is 3. The van der Waals surface area contributed by atoms with Crippen LogP contribution in [0.15, 0.2) is 54.6 Å². The summed E-state index contributed by atoms with van der Waals surface area (Å²) in [6.45, 7) is 3.67. The second kappa shape index (κ2) is 13.1. The molecule has 39 heavy (non-hydrogen) atoms. The molecule has 0 spiro atoms. The average Bonchev–Trinajstić information content (AvgIpc) is 3.28. The number of benzene rings is 2. The molecule has 2 aromatic carbocycles. The van der Waals surface area contributed by atoms with Crippen LogP contribution in [0.25, 0.3) is 5.65 Å². The lowest BCUT2D eigenvalue weighted by molar-refractivity contribution is 0.0599. The van der Waals surface area contributed by atoms with Crippen LogP contribution in [0.1, 0.15) is 68.4 Å². The van der Waals surface area contributed by atoms with Crippen molar-refractivity contribution in [2.45, 2.75) is 33.9 Å². The number of ether oxygens (including phenoxy) is 1. The van der Waals surface area contributed by atoms with Gasteiger partial charge >= 0.3 is 11.9 Å². The van der Waals surface area contributed by atoms with Gasteiger partial charge in [-0.3, -0.25) is 4.79 Å². The predicted molar refractivity (Wildman–Crippen MR) is 144 cm³/mol. The number of nitrogens with two attached hydrogens (primary N) is 2. The first kappa shape index (κ1) is 30.4. The van der Waals surface area contributed by atoms with E-state index in [4.69, 9.17) is 11.5 Å². The maximum atomic E-state index is 13.3. The van der Waals surface area contributed by atoms with Crippen molar-refractivity contribution >= 4 is 29.3 Å². The molecule has 2 aromatic heterocycles. The van der Waals surface area contributed by atoms with Gasteiger partial charge in [-0.2, -0.15) is 0 Å². The number of aromatic carboxylic acids is 1. The Morgan fingerprint density at radius 1 is 1.13 bits per heavy atom. The van der Waals surface area contributed by atoms with Gasteiger partial charge in [0.15, 0.2) is 11.3 Å². The number of nitrogens with one attached hydrogen (secondary N) is 1. The molecule has 1 atom stereocenters. The number of nitrogen functional groups attached to an aromatic ring is 1. The summed E-state index contributed by atoms with van der Waals surface area (Å²) < 4.78 is 18.9. The molecular formula is C27H31FN6O5. The molecule has 0 saturated carbocycles. The van der Waals surface area contributed by atoms with Gasteiger partial charge < -0.3 is 26.6 Å². The second-order valence-electron chi connectivity index (χ2n) is 8.34. The molecule has 0 fully saturated rings. The Labute approximate surface area is 224 Å². The summed E-state index contributed by atoms with van der Waals surface area (Å²) in [6, 6.07) is 14.1. The van der Waals surface area contributed by atoms with Crippen LogP contribution < -0.4 is 16.8 Å². The van der Waals surface area contributed by atoms with E-state index in [2.05, 4.69) is 20.1 Å². The number of anilines is 1. The fourth-order valence-corrected chi connectivity index (χ4v) is 3.39. The van der Waals surface area contributed by atoms with E-state index in [0.29, 0.717) is 16.7 Å². The van der Waals surface area contributed by atoms with Crippen LogP contribution in [-0.2, 0) is 11.3 Å². The Morgan fingerprint density at radius 2 is 1.79 bits per heavy atom. The lowest BCUT2D eigenvalue weighted by Crippen LogP contribution is -2.25. The number of nitrogens with zero attached hydrogens (tertiary/aromatic N) is 3. The SMILES string of the molecule is C.COC(=O)c1ccc([C@H](C)N)cc1.Cc1cc(CNC(=O)c2cc(C(=O)O)n3nc(N)cc3n2)ccc1F. The maximum absolute atomic E-state index is 13.3. The van der Waals surface area contributed by atoms with Crippen LogP contribution in [0.5, 0.6) is 0 Å². The zero-order chi connectivity index (χ0) is 28.0. The number of amides is 1. The van der Waals surface area contributed by atoms with Crippen molar-refractivity contribution in [2.75, 3.05) is 12.8 Å². The molecule has 0 aliphatic carbocycles. The summed E-state index contributed by atoms with van der Waals surface area (Å²) in [4.78, 5) is 38.8. The number of carboxylic acid groups (broad SMARTS) is 1. The van der Waals surface area contributed by atoms with Gasteiger partial charge in [0.05, 0.1) is 12.7 Å². The number of rotatable bonds is 6.